The summed E-state index contributed by atoms with van der Waals surface area (Å²) >= 11 is 0. The predicted octanol–water partition coefficient (Wildman–Crippen LogP) is 0.855. The molecular formula is C14H21N3O8. The van der Waals surface area contributed by atoms with E-state index in [4.69, 9.17) is 29.2 Å². The Kier molecular flexibility index (Phi) is 8.68. The fraction of sp³-hybridized carbons (Fsp3) is 0.786. The van der Waals surface area contributed by atoms with Crippen LogP contribution in [0.15, 0.2) is 5.11 Å². The predicted molar refractivity (Wildman–Crippen MR) is 81.0 cm³/mol. The van der Waals surface area contributed by atoms with Crippen LogP contribution in [0.1, 0.15) is 27.2 Å². The van der Waals surface area contributed by atoms with E-state index in [1.54, 1.807) is 0 Å². The first kappa shape index (κ1) is 20.7. The zero-order valence-corrected chi connectivity index (χ0v) is 14.2. The van der Waals surface area contributed by atoms with E-state index in [1.165, 1.54) is 20.8 Å². The molecule has 0 aromatic rings. The molecule has 1 unspecified atom stereocenters. The van der Waals surface area contributed by atoms with Gasteiger partial charge in [-0.25, -0.2) is 0 Å². The number of hydrogen-bond acceptors (Lipinski definition) is 9. The van der Waals surface area contributed by atoms with Crippen LogP contribution in [0.4, 0.5) is 0 Å². The van der Waals surface area contributed by atoms with Crippen molar-refractivity contribution in [1.29, 1.82) is 0 Å². The number of hydrogen-bond donors (Lipinski definition) is 0. The second kappa shape index (κ2) is 10.5. The third kappa shape index (κ3) is 7.84. The number of azide groups is 1. The summed E-state index contributed by atoms with van der Waals surface area (Å²) in [5.74, 6) is -1.70. The van der Waals surface area contributed by atoms with Gasteiger partial charge in [-0.05, 0) is 5.53 Å². The van der Waals surface area contributed by atoms with Crippen molar-refractivity contribution in [3.8, 4) is 0 Å². The second-order valence-corrected chi connectivity index (χ2v) is 5.19. The molecule has 0 N–H and O–H groups in total. The molecule has 11 heteroatoms. The third-order valence-corrected chi connectivity index (χ3v) is 3.11. The molecule has 1 fully saturated rings. The normalized spacial score (nSPS) is 25.4. The summed E-state index contributed by atoms with van der Waals surface area (Å²) in [6, 6.07) is 0. The molecule has 11 nitrogen and oxygen atoms in total. The Balaban J connectivity index is 2.85. The van der Waals surface area contributed by atoms with Crippen molar-refractivity contribution >= 4 is 17.9 Å². The van der Waals surface area contributed by atoms with Gasteiger partial charge in [0.15, 0.2) is 12.4 Å². The molecule has 1 aliphatic rings. The lowest BCUT2D eigenvalue weighted by molar-refractivity contribution is -0.265. The van der Waals surface area contributed by atoms with E-state index in [1.807, 2.05) is 0 Å². The molecule has 25 heavy (non-hydrogen) atoms. The monoisotopic (exact) mass is 359 g/mol. The maximum absolute atomic E-state index is 11.3. The van der Waals surface area contributed by atoms with Gasteiger partial charge in [-0.1, -0.05) is 5.11 Å². The molecule has 0 aliphatic carbocycles. The van der Waals surface area contributed by atoms with Crippen LogP contribution in [-0.4, -0.2) is 62.3 Å². The van der Waals surface area contributed by atoms with Crippen LogP contribution < -0.4 is 0 Å². The van der Waals surface area contributed by atoms with Crippen molar-refractivity contribution in [2.75, 3.05) is 19.8 Å². The summed E-state index contributed by atoms with van der Waals surface area (Å²) in [7, 11) is 0. The molecule has 1 aliphatic heterocycles. The van der Waals surface area contributed by atoms with E-state index in [0.717, 1.165) is 0 Å². The number of carbonyl (C=O) groups excluding carboxylic acids is 3. The molecule has 0 amide bonds. The Morgan fingerprint density at radius 3 is 2.40 bits per heavy atom. The van der Waals surface area contributed by atoms with Gasteiger partial charge in [0.1, 0.15) is 18.8 Å². The van der Waals surface area contributed by atoms with Crippen molar-refractivity contribution in [1.82, 2.24) is 0 Å². The highest BCUT2D eigenvalue weighted by Crippen LogP contribution is 2.27. The van der Waals surface area contributed by atoms with E-state index in [0.29, 0.717) is 0 Å². The summed E-state index contributed by atoms with van der Waals surface area (Å²) < 4.78 is 26.4. The van der Waals surface area contributed by atoms with Gasteiger partial charge < -0.3 is 23.7 Å². The molecule has 1 heterocycles. The molecule has 4 atom stereocenters. The van der Waals surface area contributed by atoms with Gasteiger partial charge in [-0.3, -0.25) is 14.4 Å². The lowest BCUT2D eigenvalue weighted by Crippen LogP contribution is -2.54. The zero-order chi connectivity index (χ0) is 18.8. The number of esters is 3. The van der Waals surface area contributed by atoms with Crippen molar-refractivity contribution in [3.05, 3.63) is 10.4 Å². The Labute approximate surface area is 144 Å². The fourth-order valence-electron chi connectivity index (χ4n) is 2.27. The molecule has 1 saturated heterocycles. The summed E-state index contributed by atoms with van der Waals surface area (Å²) in [5, 5.41) is 3.33. The molecule has 0 spiro atoms. The Bertz CT molecular complexity index is 534. The molecule has 1 rings (SSSR count). The van der Waals surface area contributed by atoms with Gasteiger partial charge in [0.2, 0.25) is 0 Å². The number of ether oxygens (including phenoxy) is 5. The fourth-order valence-corrected chi connectivity index (χ4v) is 2.27. The molecule has 0 radical (unpaired) electrons. The summed E-state index contributed by atoms with van der Waals surface area (Å²) in [6.45, 7) is 3.62. The van der Waals surface area contributed by atoms with Crippen molar-refractivity contribution in [2.24, 2.45) is 5.11 Å². The zero-order valence-electron chi connectivity index (χ0n) is 14.2. The summed E-state index contributed by atoms with van der Waals surface area (Å²) in [4.78, 5) is 36.3. The average Bonchev–Trinajstić information content (AvgIpc) is 2.51. The molecule has 140 valence electrons. The van der Waals surface area contributed by atoms with Crippen LogP contribution in [0.5, 0.6) is 0 Å². The van der Waals surface area contributed by atoms with E-state index < -0.39 is 42.5 Å². The maximum atomic E-state index is 11.3. The minimum absolute atomic E-state index is 0.0834. The first-order valence-corrected chi connectivity index (χ1v) is 7.59. The third-order valence-electron chi connectivity index (χ3n) is 3.11. The van der Waals surface area contributed by atoms with Gasteiger partial charge in [0.05, 0.1) is 6.61 Å². The second-order valence-electron chi connectivity index (χ2n) is 5.19. The smallest absolute Gasteiger partial charge is 0.303 e. The lowest BCUT2D eigenvalue weighted by atomic mass is 10.0. The SMILES string of the molecule is CC(=O)OC[C@H]1OC(OCCN=[N+]=[N-])C[C@@H](OC(C)=O)[C@@H]1OC(C)=O. The highest BCUT2D eigenvalue weighted by molar-refractivity contribution is 5.67. The quantitative estimate of drug-likeness (QED) is 0.155. The van der Waals surface area contributed by atoms with Crippen molar-refractivity contribution in [3.63, 3.8) is 0 Å². The van der Waals surface area contributed by atoms with Crippen LogP contribution in [-0.2, 0) is 38.1 Å². The molecular weight excluding hydrogens is 338 g/mol. The van der Waals surface area contributed by atoms with Crippen LogP contribution in [0, 0.1) is 0 Å². The Hall–Kier alpha value is -2.36. The van der Waals surface area contributed by atoms with Crippen molar-refractivity contribution in [2.45, 2.75) is 51.8 Å². The largest absolute Gasteiger partial charge is 0.463 e. The minimum atomic E-state index is -0.947. The molecule has 0 aromatic carbocycles. The van der Waals surface area contributed by atoms with E-state index in [9.17, 15) is 14.4 Å². The lowest BCUT2D eigenvalue weighted by Gasteiger charge is -2.39. The molecule has 0 saturated carbocycles. The summed E-state index contributed by atoms with van der Waals surface area (Å²) in [5.41, 5.74) is 8.24. The highest BCUT2D eigenvalue weighted by atomic mass is 16.7. The van der Waals surface area contributed by atoms with Gasteiger partial charge in [0.25, 0.3) is 0 Å². The van der Waals surface area contributed by atoms with Crippen LogP contribution in [0.2, 0.25) is 0 Å². The Morgan fingerprint density at radius 1 is 1.16 bits per heavy atom. The van der Waals surface area contributed by atoms with Gasteiger partial charge in [-0.15, -0.1) is 0 Å². The summed E-state index contributed by atoms with van der Waals surface area (Å²) in [6.07, 6.45) is -3.37. The molecule has 0 aromatic heterocycles. The van der Waals surface area contributed by atoms with Gasteiger partial charge >= 0.3 is 17.9 Å². The average molecular weight is 359 g/mol. The number of carbonyl (C=O) groups is 3. The number of rotatable bonds is 8. The standard InChI is InChI=1S/C14H21N3O8/c1-8(18)22-7-12-14(24-10(3)20)11(23-9(2)19)6-13(25-12)21-5-4-16-17-15/h11-14H,4-7H2,1-3H3/t11-,12-,13?,14+/m1/s1. The van der Waals surface area contributed by atoms with E-state index >= 15 is 0 Å². The van der Waals surface area contributed by atoms with Crippen LogP contribution in [0.25, 0.3) is 10.4 Å². The first-order valence-electron chi connectivity index (χ1n) is 7.59. The van der Waals surface area contributed by atoms with Crippen LogP contribution in [0.3, 0.4) is 0 Å². The minimum Gasteiger partial charge on any atom is -0.463 e. The van der Waals surface area contributed by atoms with Gasteiger partial charge in [-0.2, -0.15) is 0 Å². The van der Waals surface area contributed by atoms with Gasteiger partial charge in [0, 0.05) is 38.6 Å². The van der Waals surface area contributed by atoms with Crippen LogP contribution >= 0.6 is 0 Å². The van der Waals surface area contributed by atoms with E-state index in [-0.39, 0.29) is 26.2 Å². The van der Waals surface area contributed by atoms with Crippen molar-refractivity contribution < 1.29 is 38.1 Å². The maximum Gasteiger partial charge on any atom is 0.303 e. The van der Waals surface area contributed by atoms with E-state index in [2.05, 4.69) is 10.0 Å². The molecule has 0 bridgehead atoms. The Morgan fingerprint density at radius 2 is 1.84 bits per heavy atom. The topological polar surface area (TPSA) is 146 Å². The number of nitrogens with zero attached hydrogens (tertiary/aromatic N) is 3. The highest BCUT2D eigenvalue weighted by Gasteiger charge is 2.44. The first-order chi connectivity index (χ1) is 11.8.